The Bertz CT molecular complexity index is 929. The first kappa shape index (κ1) is 16.9. The van der Waals surface area contributed by atoms with Gasteiger partial charge in [-0.2, -0.15) is 5.26 Å². The molecule has 25 heavy (non-hydrogen) atoms. The highest BCUT2D eigenvalue weighted by molar-refractivity contribution is 7.98. The molecule has 3 rings (SSSR count). The predicted octanol–water partition coefficient (Wildman–Crippen LogP) is 4.18. The van der Waals surface area contributed by atoms with Crippen LogP contribution in [0.1, 0.15) is 5.56 Å². The molecule has 0 unspecified atom stereocenters. The zero-order valence-corrected chi connectivity index (χ0v) is 15.1. The van der Waals surface area contributed by atoms with Gasteiger partial charge in [0.1, 0.15) is 11.8 Å². The number of nitrogens with one attached hydrogen (secondary N) is 1. The van der Waals surface area contributed by atoms with Crippen LogP contribution in [-0.2, 0) is 0 Å². The molecule has 2 aromatic carbocycles. The minimum absolute atomic E-state index is 0.590. The van der Waals surface area contributed by atoms with Gasteiger partial charge in [0, 0.05) is 29.9 Å². The molecular weight excluding hydrogens is 332 g/mol. The van der Waals surface area contributed by atoms with Gasteiger partial charge in [-0.3, -0.25) is 0 Å². The van der Waals surface area contributed by atoms with Crippen molar-refractivity contribution in [2.24, 2.45) is 0 Å². The molecule has 0 bridgehead atoms. The topological polar surface area (TPSA) is 62.9 Å². The van der Waals surface area contributed by atoms with Crippen LogP contribution in [0.25, 0.3) is 16.8 Å². The highest BCUT2D eigenvalue weighted by Crippen LogP contribution is 2.37. The number of rotatable bonds is 5. The Labute approximate surface area is 151 Å². The van der Waals surface area contributed by atoms with E-state index in [2.05, 4.69) is 16.4 Å². The molecule has 0 aliphatic heterocycles. The number of anilines is 1. The van der Waals surface area contributed by atoms with Gasteiger partial charge in [-0.05, 0) is 30.0 Å². The molecule has 3 aromatic rings. The summed E-state index contributed by atoms with van der Waals surface area (Å²) in [5, 5.41) is 12.9. The molecule has 0 atom stereocenters. The van der Waals surface area contributed by atoms with Crippen LogP contribution in [0.15, 0.2) is 53.9 Å². The third-order valence-electron chi connectivity index (χ3n) is 4.02. The average Bonchev–Trinajstić information content (AvgIpc) is 3.20. The number of imidazole rings is 1. The Morgan fingerprint density at radius 2 is 2.12 bits per heavy atom. The molecule has 6 heteroatoms. The van der Waals surface area contributed by atoms with Crippen LogP contribution < -0.4 is 10.1 Å². The van der Waals surface area contributed by atoms with E-state index in [0.29, 0.717) is 5.56 Å². The molecule has 1 aromatic heterocycles. The van der Waals surface area contributed by atoms with Crippen LogP contribution in [0.2, 0.25) is 0 Å². The summed E-state index contributed by atoms with van der Waals surface area (Å²) >= 11 is 1.63. The largest absolute Gasteiger partial charge is 0.496 e. The molecule has 1 N–H and O–H groups in total. The Morgan fingerprint density at radius 3 is 2.72 bits per heavy atom. The first-order valence-electron chi connectivity index (χ1n) is 7.69. The number of ether oxygens (including phenoxy) is 1. The van der Waals surface area contributed by atoms with E-state index in [0.717, 1.165) is 33.1 Å². The van der Waals surface area contributed by atoms with Gasteiger partial charge in [0.05, 0.1) is 30.4 Å². The molecule has 0 fully saturated rings. The lowest BCUT2D eigenvalue weighted by Crippen LogP contribution is -2.02. The van der Waals surface area contributed by atoms with Crippen LogP contribution in [0.5, 0.6) is 5.75 Å². The lowest BCUT2D eigenvalue weighted by molar-refractivity contribution is 0.405. The normalized spacial score (nSPS) is 10.3. The minimum atomic E-state index is 0.590. The Kier molecular flexibility index (Phi) is 4.96. The first-order valence-corrected chi connectivity index (χ1v) is 8.91. The number of hydrogen-bond acceptors (Lipinski definition) is 5. The summed E-state index contributed by atoms with van der Waals surface area (Å²) < 4.78 is 7.36. The quantitative estimate of drug-likeness (QED) is 0.699. The van der Waals surface area contributed by atoms with Crippen LogP contribution >= 0.6 is 11.8 Å². The van der Waals surface area contributed by atoms with Gasteiger partial charge in [0.25, 0.3) is 0 Å². The molecule has 5 nitrogen and oxygen atoms in total. The van der Waals surface area contributed by atoms with E-state index in [1.165, 1.54) is 0 Å². The summed E-state index contributed by atoms with van der Waals surface area (Å²) in [6.07, 6.45) is 7.29. The van der Waals surface area contributed by atoms with Crippen molar-refractivity contribution in [1.29, 1.82) is 5.26 Å². The Hall–Kier alpha value is -2.91. The number of thioether (sulfide) groups is 1. The van der Waals surface area contributed by atoms with Crippen LogP contribution in [0.3, 0.4) is 0 Å². The fourth-order valence-corrected chi connectivity index (χ4v) is 3.37. The monoisotopic (exact) mass is 350 g/mol. The fourth-order valence-electron chi connectivity index (χ4n) is 2.82. The van der Waals surface area contributed by atoms with Crippen LogP contribution in [0.4, 0.5) is 5.69 Å². The second kappa shape index (κ2) is 7.32. The first-order chi connectivity index (χ1) is 12.2. The maximum absolute atomic E-state index is 9.79. The predicted molar refractivity (Wildman–Crippen MR) is 102 cm³/mol. The summed E-state index contributed by atoms with van der Waals surface area (Å²) in [4.78, 5) is 5.15. The van der Waals surface area contributed by atoms with Crippen molar-refractivity contribution in [3.05, 3.63) is 54.6 Å². The molecule has 0 saturated carbocycles. The van der Waals surface area contributed by atoms with E-state index in [1.807, 2.05) is 54.4 Å². The second-order valence-corrected chi connectivity index (χ2v) is 6.13. The number of nitriles is 1. The number of nitrogens with zero attached hydrogens (tertiary/aromatic N) is 3. The van der Waals surface area contributed by atoms with Crippen molar-refractivity contribution in [3.8, 4) is 28.6 Å². The smallest absolute Gasteiger partial charge is 0.133 e. The van der Waals surface area contributed by atoms with Crippen molar-refractivity contribution in [1.82, 2.24) is 9.55 Å². The standard InChI is InChI=1S/C19H18N4OS/c1-21-19-15(11-20)14(5-6-16(19)23-9-8-22-12-23)13-4-7-18(25-3)17(10-13)24-2/h4-10,12,21H,1-3H3. The molecular formula is C19H18N4OS. The molecule has 0 aliphatic rings. The van der Waals surface area contributed by atoms with Crippen molar-refractivity contribution >= 4 is 17.4 Å². The van der Waals surface area contributed by atoms with Crippen LogP contribution in [0, 0.1) is 11.3 Å². The van der Waals surface area contributed by atoms with Gasteiger partial charge in [0.2, 0.25) is 0 Å². The van der Waals surface area contributed by atoms with E-state index in [4.69, 9.17) is 4.74 Å². The maximum atomic E-state index is 9.79. The van der Waals surface area contributed by atoms with Crippen molar-refractivity contribution in [2.45, 2.75) is 4.90 Å². The van der Waals surface area contributed by atoms with Crippen molar-refractivity contribution in [3.63, 3.8) is 0 Å². The third kappa shape index (κ3) is 3.06. The average molecular weight is 350 g/mol. The second-order valence-electron chi connectivity index (χ2n) is 5.28. The molecule has 0 spiro atoms. The van der Waals surface area contributed by atoms with Gasteiger partial charge in [-0.1, -0.05) is 12.1 Å². The SMILES string of the molecule is CNc1c(-n2ccnc2)ccc(-c2ccc(SC)c(OC)c2)c1C#N. The summed E-state index contributed by atoms with van der Waals surface area (Å²) in [6, 6.07) is 12.3. The zero-order chi connectivity index (χ0) is 17.8. The molecule has 0 radical (unpaired) electrons. The van der Waals surface area contributed by atoms with E-state index in [1.54, 1.807) is 31.4 Å². The lowest BCUT2D eigenvalue weighted by atomic mass is 9.97. The highest BCUT2D eigenvalue weighted by atomic mass is 32.2. The summed E-state index contributed by atoms with van der Waals surface area (Å²) in [5.74, 6) is 0.804. The molecule has 0 aliphatic carbocycles. The van der Waals surface area contributed by atoms with E-state index >= 15 is 0 Å². The summed E-state index contributed by atoms with van der Waals surface area (Å²) in [5.41, 5.74) is 4.05. The third-order valence-corrected chi connectivity index (χ3v) is 4.80. The molecule has 0 amide bonds. The van der Waals surface area contributed by atoms with Crippen molar-refractivity contribution in [2.75, 3.05) is 25.7 Å². The Balaban J connectivity index is 2.20. The molecule has 1 heterocycles. The molecule has 126 valence electrons. The van der Waals surface area contributed by atoms with Gasteiger partial charge < -0.3 is 14.6 Å². The maximum Gasteiger partial charge on any atom is 0.133 e. The Morgan fingerprint density at radius 1 is 1.28 bits per heavy atom. The zero-order valence-electron chi connectivity index (χ0n) is 14.3. The van der Waals surface area contributed by atoms with Gasteiger partial charge >= 0.3 is 0 Å². The van der Waals surface area contributed by atoms with Gasteiger partial charge in [-0.25, -0.2) is 4.98 Å². The van der Waals surface area contributed by atoms with E-state index < -0.39 is 0 Å². The fraction of sp³-hybridized carbons (Fsp3) is 0.158. The van der Waals surface area contributed by atoms with E-state index in [9.17, 15) is 5.26 Å². The molecule has 0 saturated heterocycles. The minimum Gasteiger partial charge on any atom is -0.496 e. The van der Waals surface area contributed by atoms with Gasteiger partial charge in [-0.15, -0.1) is 11.8 Å². The number of aromatic nitrogens is 2. The van der Waals surface area contributed by atoms with Crippen molar-refractivity contribution < 1.29 is 4.74 Å². The highest BCUT2D eigenvalue weighted by Gasteiger charge is 2.16. The number of hydrogen-bond donors (Lipinski definition) is 1. The van der Waals surface area contributed by atoms with E-state index in [-0.39, 0.29) is 0 Å². The summed E-state index contributed by atoms with van der Waals surface area (Å²) in [6.45, 7) is 0. The number of benzene rings is 2. The van der Waals surface area contributed by atoms with Gasteiger partial charge in [0.15, 0.2) is 0 Å². The van der Waals surface area contributed by atoms with Crippen LogP contribution in [-0.4, -0.2) is 30.0 Å². The number of methoxy groups -OCH3 is 1. The summed E-state index contributed by atoms with van der Waals surface area (Å²) in [7, 11) is 3.48. The lowest BCUT2D eigenvalue weighted by Gasteiger charge is -2.16.